The Morgan fingerprint density at radius 1 is 1.10 bits per heavy atom. The van der Waals surface area contributed by atoms with Crippen LogP contribution < -0.4 is 9.88 Å². The summed E-state index contributed by atoms with van der Waals surface area (Å²) in [6.45, 7) is 2.45. The summed E-state index contributed by atoms with van der Waals surface area (Å²) in [6, 6.07) is 7.84. The zero-order chi connectivity index (χ0) is 15.3. The molecule has 0 radical (unpaired) electrons. The van der Waals surface area contributed by atoms with Gasteiger partial charge in [-0.2, -0.15) is 0 Å². The normalized spacial score (nSPS) is 19.0. The summed E-state index contributed by atoms with van der Waals surface area (Å²) in [4.78, 5) is 0. The summed E-state index contributed by atoms with van der Waals surface area (Å²) in [7, 11) is -3.49. The number of nitrogens with two attached hydrogens (primary N) is 1. The second kappa shape index (κ2) is 6.79. The van der Waals surface area contributed by atoms with Gasteiger partial charge in [0, 0.05) is 5.41 Å². The van der Waals surface area contributed by atoms with Crippen LogP contribution in [0.5, 0.6) is 5.75 Å². The molecule has 0 unspecified atom stereocenters. The maximum atomic E-state index is 11.6. The SMILES string of the molecule is Cc1ccc(OCC2(CS(N)(=O)=O)CCCCCC2)cc1. The number of primary sulfonamides is 1. The summed E-state index contributed by atoms with van der Waals surface area (Å²) in [5.74, 6) is 0.810. The maximum Gasteiger partial charge on any atom is 0.209 e. The van der Waals surface area contributed by atoms with Gasteiger partial charge in [-0.25, -0.2) is 13.6 Å². The fourth-order valence-corrected chi connectivity index (χ4v) is 4.33. The lowest BCUT2D eigenvalue weighted by atomic mass is 9.83. The molecule has 0 amide bonds. The summed E-state index contributed by atoms with van der Waals surface area (Å²) < 4.78 is 29.1. The first-order valence-corrected chi connectivity index (χ1v) is 9.30. The van der Waals surface area contributed by atoms with Gasteiger partial charge in [-0.3, -0.25) is 0 Å². The molecule has 2 N–H and O–H groups in total. The Morgan fingerprint density at radius 3 is 2.19 bits per heavy atom. The van der Waals surface area contributed by atoms with E-state index in [0.29, 0.717) is 6.61 Å². The van der Waals surface area contributed by atoms with Crippen molar-refractivity contribution < 1.29 is 13.2 Å². The van der Waals surface area contributed by atoms with E-state index in [4.69, 9.17) is 9.88 Å². The van der Waals surface area contributed by atoms with Crippen molar-refractivity contribution in [2.75, 3.05) is 12.4 Å². The highest BCUT2D eigenvalue weighted by Gasteiger charge is 2.35. The quantitative estimate of drug-likeness (QED) is 0.850. The molecule has 5 heteroatoms. The van der Waals surface area contributed by atoms with E-state index in [1.807, 2.05) is 31.2 Å². The van der Waals surface area contributed by atoms with E-state index in [2.05, 4.69) is 0 Å². The summed E-state index contributed by atoms with van der Waals surface area (Å²) in [6.07, 6.45) is 6.16. The lowest BCUT2D eigenvalue weighted by Gasteiger charge is -2.31. The lowest BCUT2D eigenvalue weighted by Crippen LogP contribution is -2.38. The van der Waals surface area contributed by atoms with E-state index in [0.717, 1.165) is 44.3 Å². The topological polar surface area (TPSA) is 69.4 Å². The molecule has 0 atom stereocenters. The van der Waals surface area contributed by atoms with E-state index >= 15 is 0 Å². The van der Waals surface area contributed by atoms with Gasteiger partial charge < -0.3 is 4.74 Å². The van der Waals surface area contributed by atoms with Crippen molar-refractivity contribution in [1.29, 1.82) is 0 Å². The van der Waals surface area contributed by atoms with Crippen molar-refractivity contribution in [3.63, 3.8) is 0 Å². The number of hydrogen-bond donors (Lipinski definition) is 1. The molecule has 1 aliphatic rings. The molecule has 1 aromatic rings. The molecular weight excluding hydrogens is 286 g/mol. The van der Waals surface area contributed by atoms with Gasteiger partial charge in [-0.15, -0.1) is 0 Å². The van der Waals surface area contributed by atoms with Crippen LogP contribution in [0.3, 0.4) is 0 Å². The molecular formula is C16H25NO3S. The Morgan fingerprint density at radius 2 is 1.67 bits per heavy atom. The zero-order valence-electron chi connectivity index (χ0n) is 12.7. The third-order valence-corrected chi connectivity index (χ3v) is 5.25. The Kier molecular flexibility index (Phi) is 5.27. The average molecular weight is 311 g/mol. The van der Waals surface area contributed by atoms with Crippen LogP contribution in [0.1, 0.15) is 44.1 Å². The summed E-state index contributed by atoms with van der Waals surface area (Å²) in [5, 5.41) is 5.31. The van der Waals surface area contributed by atoms with Crippen molar-refractivity contribution in [2.24, 2.45) is 10.6 Å². The number of sulfonamides is 1. The Hall–Kier alpha value is -1.07. The second-order valence-corrected chi connectivity index (χ2v) is 7.94. The predicted octanol–water partition coefficient (Wildman–Crippen LogP) is 3.00. The Labute approximate surface area is 127 Å². The van der Waals surface area contributed by atoms with Crippen LogP contribution in [0.4, 0.5) is 0 Å². The zero-order valence-corrected chi connectivity index (χ0v) is 13.5. The Balaban J connectivity index is 2.09. The average Bonchev–Trinajstić information content (AvgIpc) is 2.62. The smallest absolute Gasteiger partial charge is 0.209 e. The molecule has 0 aliphatic heterocycles. The number of rotatable bonds is 5. The molecule has 1 aromatic carbocycles. The van der Waals surface area contributed by atoms with Crippen molar-refractivity contribution in [3.8, 4) is 5.75 Å². The van der Waals surface area contributed by atoms with Crippen molar-refractivity contribution in [2.45, 2.75) is 45.4 Å². The third-order valence-electron chi connectivity index (χ3n) is 4.24. The molecule has 0 saturated heterocycles. The van der Waals surface area contributed by atoms with Crippen LogP contribution in [-0.4, -0.2) is 20.8 Å². The molecule has 21 heavy (non-hydrogen) atoms. The first-order valence-electron chi connectivity index (χ1n) is 7.59. The van der Waals surface area contributed by atoms with Gasteiger partial charge in [0.2, 0.25) is 10.0 Å². The van der Waals surface area contributed by atoms with Gasteiger partial charge in [0.1, 0.15) is 5.75 Å². The molecule has 0 heterocycles. The van der Waals surface area contributed by atoms with E-state index < -0.39 is 10.0 Å². The van der Waals surface area contributed by atoms with Crippen molar-refractivity contribution in [3.05, 3.63) is 29.8 Å². The van der Waals surface area contributed by atoms with Gasteiger partial charge in [-0.1, -0.05) is 43.4 Å². The number of hydrogen-bond acceptors (Lipinski definition) is 3. The fraction of sp³-hybridized carbons (Fsp3) is 0.625. The highest BCUT2D eigenvalue weighted by atomic mass is 32.2. The van der Waals surface area contributed by atoms with Gasteiger partial charge in [0.15, 0.2) is 0 Å². The van der Waals surface area contributed by atoms with Crippen LogP contribution in [0.25, 0.3) is 0 Å². The van der Waals surface area contributed by atoms with E-state index in [1.165, 1.54) is 5.56 Å². The van der Waals surface area contributed by atoms with Gasteiger partial charge >= 0.3 is 0 Å². The van der Waals surface area contributed by atoms with E-state index in [1.54, 1.807) is 0 Å². The van der Waals surface area contributed by atoms with Gasteiger partial charge in [-0.05, 0) is 31.9 Å². The van der Waals surface area contributed by atoms with Gasteiger partial charge in [0.25, 0.3) is 0 Å². The maximum absolute atomic E-state index is 11.6. The highest BCUT2D eigenvalue weighted by molar-refractivity contribution is 7.89. The molecule has 0 aromatic heterocycles. The van der Waals surface area contributed by atoms with Crippen LogP contribution >= 0.6 is 0 Å². The van der Waals surface area contributed by atoms with Crippen molar-refractivity contribution >= 4 is 10.0 Å². The third kappa shape index (κ3) is 5.32. The highest BCUT2D eigenvalue weighted by Crippen LogP contribution is 2.36. The van der Waals surface area contributed by atoms with Crippen LogP contribution in [-0.2, 0) is 10.0 Å². The van der Waals surface area contributed by atoms with Crippen LogP contribution in [0, 0.1) is 12.3 Å². The first kappa shape index (κ1) is 16.3. The minimum absolute atomic E-state index is 0.0197. The van der Waals surface area contributed by atoms with E-state index in [9.17, 15) is 8.42 Å². The van der Waals surface area contributed by atoms with E-state index in [-0.39, 0.29) is 11.2 Å². The monoisotopic (exact) mass is 311 g/mol. The first-order chi connectivity index (χ1) is 9.89. The number of aryl methyl sites for hydroxylation is 1. The van der Waals surface area contributed by atoms with Crippen LogP contribution in [0.2, 0.25) is 0 Å². The standard InChI is InChI=1S/C16H25NO3S/c1-14-6-8-15(9-7-14)20-12-16(13-21(17,18)19)10-4-2-3-5-11-16/h6-9H,2-5,10-13H2,1H3,(H2,17,18,19). The lowest BCUT2D eigenvalue weighted by molar-refractivity contribution is 0.146. The number of benzene rings is 1. The van der Waals surface area contributed by atoms with Crippen LogP contribution in [0.15, 0.2) is 24.3 Å². The Bertz CT molecular complexity index is 543. The fourth-order valence-electron chi connectivity index (χ4n) is 3.11. The molecule has 1 fully saturated rings. The predicted molar refractivity (Wildman–Crippen MR) is 84.8 cm³/mol. The number of ether oxygens (including phenoxy) is 1. The minimum atomic E-state index is -3.49. The molecule has 118 valence electrons. The van der Waals surface area contributed by atoms with Gasteiger partial charge in [0.05, 0.1) is 12.4 Å². The molecule has 0 bridgehead atoms. The molecule has 1 aliphatic carbocycles. The minimum Gasteiger partial charge on any atom is -0.493 e. The molecule has 1 saturated carbocycles. The molecule has 4 nitrogen and oxygen atoms in total. The largest absolute Gasteiger partial charge is 0.493 e. The summed E-state index contributed by atoms with van der Waals surface area (Å²) >= 11 is 0. The van der Waals surface area contributed by atoms with Crippen molar-refractivity contribution in [1.82, 2.24) is 0 Å². The summed E-state index contributed by atoms with van der Waals surface area (Å²) in [5.41, 5.74) is 0.839. The second-order valence-electron chi connectivity index (χ2n) is 6.32. The molecule has 2 rings (SSSR count). The molecule has 0 spiro atoms.